The van der Waals surface area contributed by atoms with Crippen LogP contribution in [-0.2, 0) is 4.79 Å². The molecule has 8 heteroatoms. The minimum Gasteiger partial charge on any atom is -0.492 e. The third kappa shape index (κ3) is 3.21. The molecule has 0 fully saturated rings. The lowest BCUT2D eigenvalue weighted by Gasteiger charge is -2.06. The quantitative estimate of drug-likeness (QED) is 0.637. The number of halogens is 1. The third-order valence-corrected chi connectivity index (χ3v) is 4.71. The van der Waals surface area contributed by atoms with Crippen molar-refractivity contribution in [3.05, 3.63) is 38.7 Å². The Bertz CT molecular complexity index is 883. The van der Waals surface area contributed by atoms with Gasteiger partial charge in [-0.1, -0.05) is 29.5 Å². The number of carbonyl (C=O) groups excluding carboxylic acids is 1. The predicted molar refractivity (Wildman–Crippen MR) is 97.0 cm³/mol. The summed E-state index contributed by atoms with van der Waals surface area (Å²) in [5.41, 5.74) is 5.29. The van der Waals surface area contributed by atoms with Gasteiger partial charge in [-0.15, -0.1) is 11.6 Å². The van der Waals surface area contributed by atoms with Gasteiger partial charge in [0.25, 0.3) is 0 Å². The first-order valence-electron chi connectivity index (χ1n) is 6.76. The number of thiazole rings is 1. The summed E-state index contributed by atoms with van der Waals surface area (Å²) in [5, 5.41) is 10.3. The van der Waals surface area contributed by atoms with Crippen molar-refractivity contribution < 1.29 is 9.90 Å². The first kappa shape index (κ1) is 15.9. The van der Waals surface area contributed by atoms with Gasteiger partial charge in [0.05, 0.1) is 10.6 Å². The average molecular weight is 366 g/mol. The zero-order valence-corrected chi connectivity index (χ0v) is 14.2. The van der Waals surface area contributed by atoms with Gasteiger partial charge in [0.2, 0.25) is 11.8 Å². The van der Waals surface area contributed by atoms with E-state index in [0.29, 0.717) is 8.83 Å². The number of allylic oxidation sites excluding steroid dienone is 1. The summed E-state index contributed by atoms with van der Waals surface area (Å²) < 4.78 is 1.54. The number of aromatic nitrogens is 1. The highest BCUT2D eigenvalue weighted by Gasteiger charge is 2.16. The van der Waals surface area contributed by atoms with Crippen LogP contribution in [0.4, 0.5) is 5.69 Å². The van der Waals surface area contributed by atoms with E-state index in [-0.39, 0.29) is 24.1 Å². The van der Waals surface area contributed by atoms with Crippen molar-refractivity contribution in [3.8, 4) is 5.88 Å². The second-order valence-electron chi connectivity index (χ2n) is 4.74. The number of rotatable bonds is 4. The number of benzene rings is 1. The molecule has 0 unspecified atom stereocenters. The molecule has 0 atom stereocenters. The van der Waals surface area contributed by atoms with Crippen LogP contribution in [0.3, 0.4) is 0 Å². The van der Waals surface area contributed by atoms with Crippen LogP contribution in [-0.4, -0.2) is 27.8 Å². The highest BCUT2D eigenvalue weighted by Crippen LogP contribution is 2.35. The molecule has 0 saturated carbocycles. The number of nitrogens with one attached hydrogen (secondary N) is 1. The van der Waals surface area contributed by atoms with Crippen molar-refractivity contribution in [1.29, 1.82) is 0 Å². The number of carbonyl (C=O) groups is 1. The molecule has 0 bridgehead atoms. The molecule has 1 aromatic heterocycles. The van der Waals surface area contributed by atoms with Gasteiger partial charge in [-0.05, 0) is 24.4 Å². The standard InChI is InChI=1S/C15H12ClN3O2S2/c16-6-5-13(20)18-19-14(21)12(23-15(19)22)7-9-8-17-11-4-2-1-3-10(9)11/h1-4,7-8,21H,5-6H2,(H,18,20)/b9-7+. The maximum atomic E-state index is 11.6. The summed E-state index contributed by atoms with van der Waals surface area (Å²) >= 11 is 11.9. The van der Waals surface area contributed by atoms with Gasteiger partial charge in [0, 0.05) is 29.7 Å². The fourth-order valence-electron chi connectivity index (χ4n) is 2.14. The zero-order chi connectivity index (χ0) is 16.4. The fraction of sp³-hybridized carbons (Fsp3) is 0.133. The molecule has 2 aromatic rings. The molecule has 1 aromatic carbocycles. The van der Waals surface area contributed by atoms with E-state index in [1.165, 1.54) is 16.0 Å². The highest BCUT2D eigenvalue weighted by molar-refractivity contribution is 7.73. The minimum atomic E-state index is -0.309. The Morgan fingerprint density at radius 3 is 3.04 bits per heavy atom. The fourth-order valence-corrected chi connectivity index (χ4v) is 3.49. The van der Waals surface area contributed by atoms with Crippen molar-refractivity contribution in [2.75, 3.05) is 11.3 Å². The smallest absolute Gasteiger partial charge is 0.240 e. The monoisotopic (exact) mass is 365 g/mol. The largest absolute Gasteiger partial charge is 0.492 e. The Kier molecular flexibility index (Phi) is 4.61. The highest BCUT2D eigenvalue weighted by atomic mass is 35.5. The topological polar surface area (TPSA) is 66.6 Å². The van der Waals surface area contributed by atoms with Crippen molar-refractivity contribution in [2.45, 2.75) is 6.42 Å². The normalized spacial score (nSPS) is 14.2. The van der Waals surface area contributed by atoms with Crippen molar-refractivity contribution in [2.24, 2.45) is 4.99 Å². The van der Waals surface area contributed by atoms with Gasteiger partial charge in [0.1, 0.15) is 0 Å². The maximum absolute atomic E-state index is 11.6. The number of hydrogen-bond acceptors (Lipinski definition) is 5. The molecule has 1 amide bonds. The number of aromatic hydroxyl groups is 1. The third-order valence-electron chi connectivity index (χ3n) is 3.21. The maximum Gasteiger partial charge on any atom is 0.240 e. The molecule has 23 heavy (non-hydrogen) atoms. The molecule has 0 radical (unpaired) electrons. The Labute approximate surface area is 146 Å². The van der Waals surface area contributed by atoms with Crippen LogP contribution in [0.1, 0.15) is 16.9 Å². The SMILES string of the molecule is O=C(CCCl)Nn1c(O)c(/C=C2\C=Nc3ccccc32)sc1=S. The summed E-state index contributed by atoms with van der Waals surface area (Å²) in [7, 11) is 0. The molecule has 1 aliphatic rings. The van der Waals surface area contributed by atoms with Crippen molar-refractivity contribution in [3.63, 3.8) is 0 Å². The molecule has 5 nitrogen and oxygen atoms in total. The minimum absolute atomic E-state index is 0.104. The summed E-state index contributed by atoms with van der Waals surface area (Å²) in [6.45, 7) is 0. The second-order valence-corrected chi connectivity index (χ2v) is 6.79. The van der Waals surface area contributed by atoms with Crippen LogP contribution < -0.4 is 5.43 Å². The summed E-state index contributed by atoms with van der Waals surface area (Å²) in [5.74, 6) is -0.210. The summed E-state index contributed by atoms with van der Waals surface area (Å²) in [6.07, 6.45) is 3.69. The molecule has 3 rings (SSSR count). The number of fused-ring (bicyclic) bond motifs is 1. The predicted octanol–water partition coefficient (Wildman–Crippen LogP) is 3.94. The Balaban J connectivity index is 1.94. The van der Waals surface area contributed by atoms with E-state index in [1.54, 1.807) is 12.3 Å². The molecule has 1 aliphatic heterocycles. The van der Waals surface area contributed by atoms with E-state index in [9.17, 15) is 9.90 Å². The van der Waals surface area contributed by atoms with Gasteiger partial charge in [-0.2, -0.15) is 4.68 Å². The van der Waals surface area contributed by atoms with Crippen LogP contribution >= 0.6 is 35.2 Å². The second kappa shape index (κ2) is 6.66. The molecule has 0 spiro atoms. The van der Waals surface area contributed by atoms with Gasteiger partial charge in [-0.3, -0.25) is 15.2 Å². The van der Waals surface area contributed by atoms with Crippen LogP contribution in [0, 0.1) is 3.95 Å². The molecule has 2 heterocycles. The zero-order valence-electron chi connectivity index (χ0n) is 11.8. The lowest BCUT2D eigenvalue weighted by Crippen LogP contribution is -2.22. The van der Waals surface area contributed by atoms with E-state index in [2.05, 4.69) is 10.4 Å². The van der Waals surface area contributed by atoms with Crippen LogP contribution in [0.2, 0.25) is 0 Å². The molecule has 0 aliphatic carbocycles. The van der Waals surface area contributed by atoms with E-state index in [0.717, 1.165) is 16.8 Å². The Hall–Kier alpha value is -1.96. The number of aliphatic imine (C=N–C) groups is 1. The lowest BCUT2D eigenvalue weighted by atomic mass is 10.1. The Morgan fingerprint density at radius 1 is 1.48 bits per heavy atom. The number of hydrogen-bond donors (Lipinski definition) is 2. The van der Waals surface area contributed by atoms with Gasteiger partial charge in [-0.25, -0.2) is 0 Å². The Morgan fingerprint density at radius 2 is 2.26 bits per heavy atom. The number of nitrogens with zero attached hydrogens (tertiary/aromatic N) is 2. The van der Waals surface area contributed by atoms with Crippen molar-refractivity contribution in [1.82, 2.24) is 4.68 Å². The van der Waals surface area contributed by atoms with Gasteiger partial charge in [0.15, 0.2) is 3.95 Å². The molecular formula is C15H12ClN3O2S2. The van der Waals surface area contributed by atoms with Crippen molar-refractivity contribution >= 4 is 64.6 Å². The van der Waals surface area contributed by atoms with Gasteiger partial charge >= 0.3 is 0 Å². The molecule has 2 N–H and O–H groups in total. The van der Waals surface area contributed by atoms with Crippen LogP contribution in [0.5, 0.6) is 5.88 Å². The summed E-state index contributed by atoms with van der Waals surface area (Å²) in [6, 6.07) is 7.74. The average Bonchev–Trinajstić information content (AvgIpc) is 3.05. The first-order valence-corrected chi connectivity index (χ1v) is 8.52. The molecule has 118 valence electrons. The molecular weight excluding hydrogens is 354 g/mol. The first-order chi connectivity index (χ1) is 11.1. The lowest BCUT2D eigenvalue weighted by molar-refractivity contribution is -0.116. The molecule has 0 saturated heterocycles. The van der Waals surface area contributed by atoms with Crippen LogP contribution in [0.25, 0.3) is 11.6 Å². The van der Waals surface area contributed by atoms with E-state index in [1.807, 2.05) is 24.3 Å². The van der Waals surface area contributed by atoms with Gasteiger partial charge < -0.3 is 5.11 Å². The summed E-state index contributed by atoms with van der Waals surface area (Å²) in [4.78, 5) is 16.5. The number of alkyl halides is 1. The number of para-hydroxylation sites is 1. The van der Waals surface area contributed by atoms with E-state index >= 15 is 0 Å². The van der Waals surface area contributed by atoms with E-state index < -0.39 is 0 Å². The van der Waals surface area contributed by atoms with Crippen LogP contribution in [0.15, 0.2) is 29.3 Å². The van der Waals surface area contributed by atoms with E-state index in [4.69, 9.17) is 23.8 Å². The number of amides is 1.